The molecule has 19 heavy (non-hydrogen) atoms. The van der Waals surface area contributed by atoms with Gasteiger partial charge >= 0.3 is 5.97 Å². The van der Waals surface area contributed by atoms with Gasteiger partial charge < -0.3 is 10.2 Å². The van der Waals surface area contributed by atoms with Crippen molar-refractivity contribution in [2.45, 2.75) is 30.6 Å². The summed E-state index contributed by atoms with van der Waals surface area (Å²) in [6.07, 6.45) is 1.21. The van der Waals surface area contributed by atoms with Crippen LogP contribution in [0.4, 0.5) is 0 Å². The van der Waals surface area contributed by atoms with Crippen LogP contribution in [0.2, 0.25) is 0 Å². The maximum Gasteiger partial charge on any atom is 0.322 e. The van der Waals surface area contributed by atoms with E-state index >= 15 is 0 Å². The molecule has 1 atom stereocenters. The number of benzene rings is 1. The van der Waals surface area contributed by atoms with Crippen LogP contribution in [0.1, 0.15) is 18.4 Å². The number of hydrogen-bond acceptors (Lipinski definition) is 4. The topological polar surface area (TPSA) is 104 Å². The first kappa shape index (κ1) is 13.8. The number of hydrogen-bond donors (Lipinski definition) is 3. The van der Waals surface area contributed by atoms with Crippen molar-refractivity contribution >= 4 is 16.0 Å². The molecule has 0 spiro atoms. The minimum atomic E-state index is -3.54. The molecule has 0 saturated heterocycles. The number of sulfonamides is 1. The van der Waals surface area contributed by atoms with E-state index in [1.807, 2.05) is 0 Å². The van der Waals surface area contributed by atoms with E-state index in [-0.39, 0.29) is 12.2 Å². The Morgan fingerprint density at radius 2 is 1.89 bits per heavy atom. The van der Waals surface area contributed by atoms with Crippen molar-refractivity contribution in [2.24, 2.45) is 0 Å². The third kappa shape index (κ3) is 3.68. The molecule has 0 amide bonds. The molecule has 0 bridgehead atoms. The van der Waals surface area contributed by atoms with Crippen molar-refractivity contribution in [3.05, 3.63) is 29.8 Å². The summed E-state index contributed by atoms with van der Waals surface area (Å²) in [6.45, 7) is 0. The van der Waals surface area contributed by atoms with Gasteiger partial charge in [-0.2, -0.15) is 0 Å². The molecule has 1 aromatic carbocycles. The molecule has 0 heterocycles. The lowest BCUT2D eigenvalue weighted by Crippen LogP contribution is -2.43. The smallest absolute Gasteiger partial charge is 0.322 e. The van der Waals surface area contributed by atoms with Gasteiger partial charge in [-0.05, 0) is 37.0 Å². The van der Waals surface area contributed by atoms with Gasteiger partial charge in [-0.3, -0.25) is 4.79 Å². The fourth-order valence-corrected chi connectivity index (χ4v) is 3.25. The van der Waals surface area contributed by atoms with Gasteiger partial charge in [0.25, 0.3) is 0 Å². The summed E-state index contributed by atoms with van der Waals surface area (Å²) in [7, 11) is -3.54. The number of carboxylic acids is 1. The van der Waals surface area contributed by atoms with Crippen LogP contribution in [0, 0.1) is 0 Å². The van der Waals surface area contributed by atoms with Crippen LogP contribution in [-0.2, 0) is 21.2 Å². The maximum atomic E-state index is 11.7. The maximum absolute atomic E-state index is 11.7. The lowest BCUT2D eigenvalue weighted by Gasteiger charge is -2.14. The SMILES string of the molecule is O=C(O)C(Cc1ccc(O)cc1)NS(=O)(=O)C1CC1. The second-order valence-electron chi connectivity index (χ2n) is 4.62. The summed E-state index contributed by atoms with van der Waals surface area (Å²) in [5.74, 6) is -1.13. The van der Waals surface area contributed by atoms with Crippen molar-refractivity contribution in [3.8, 4) is 5.75 Å². The van der Waals surface area contributed by atoms with Gasteiger partial charge in [0.05, 0.1) is 5.25 Å². The Morgan fingerprint density at radius 3 is 2.37 bits per heavy atom. The molecule has 1 aromatic rings. The minimum absolute atomic E-state index is 0.0432. The number of nitrogens with one attached hydrogen (secondary N) is 1. The van der Waals surface area contributed by atoms with E-state index in [4.69, 9.17) is 10.2 Å². The third-order valence-corrected chi connectivity index (χ3v) is 4.91. The van der Waals surface area contributed by atoms with Gasteiger partial charge in [-0.15, -0.1) is 0 Å². The van der Waals surface area contributed by atoms with E-state index in [2.05, 4.69) is 4.72 Å². The van der Waals surface area contributed by atoms with E-state index < -0.39 is 27.3 Å². The average Bonchev–Trinajstić information content (AvgIpc) is 3.15. The molecular formula is C12H15NO5S. The summed E-state index contributed by atoms with van der Waals surface area (Å²) in [4.78, 5) is 11.1. The Kier molecular flexibility index (Phi) is 3.77. The normalized spacial score (nSPS) is 17.1. The summed E-state index contributed by atoms with van der Waals surface area (Å²) < 4.78 is 25.7. The number of rotatable bonds is 6. The highest BCUT2D eigenvalue weighted by Crippen LogP contribution is 2.27. The Hall–Kier alpha value is -1.60. The number of aliphatic carboxylic acids is 1. The number of carbonyl (C=O) groups is 1. The van der Waals surface area contributed by atoms with Crippen molar-refractivity contribution < 1.29 is 23.4 Å². The lowest BCUT2D eigenvalue weighted by atomic mass is 10.1. The van der Waals surface area contributed by atoms with Crippen LogP contribution in [0.15, 0.2) is 24.3 Å². The highest BCUT2D eigenvalue weighted by Gasteiger charge is 2.38. The van der Waals surface area contributed by atoms with E-state index in [0.29, 0.717) is 18.4 Å². The van der Waals surface area contributed by atoms with Gasteiger partial charge in [-0.1, -0.05) is 12.1 Å². The van der Waals surface area contributed by atoms with Crippen LogP contribution in [-0.4, -0.2) is 35.9 Å². The minimum Gasteiger partial charge on any atom is -0.508 e. The van der Waals surface area contributed by atoms with Crippen molar-refractivity contribution in [3.63, 3.8) is 0 Å². The van der Waals surface area contributed by atoms with Gasteiger partial charge in [0, 0.05) is 0 Å². The predicted molar refractivity (Wildman–Crippen MR) is 68.3 cm³/mol. The van der Waals surface area contributed by atoms with Gasteiger partial charge in [-0.25, -0.2) is 13.1 Å². The highest BCUT2D eigenvalue weighted by molar-refractivity contribution is 7.90. The number of phenolic OH excluding ortho intramolecular Hbond substituents is 1. The molecule has 1 fully saturated rings. The molecule has 6 nitrogen and oxygen atoms in total. The molecule has 0 radical (unpaired) electrons. The predicted octanol–water partition coefficient (Wildman–Crippen LogP) is 0.470. The molecule has 1 unspecified atom stereocenters. The van der Waals surface area contributed by atoms with Crippen LogP contribution < -0.4 is 4.72 Å². The van der Waals surface area contributed by atoms with E-state index in [9.17, 15) is 13.2 Å². The Bertz CT molecular complexity index is 562. The zero-order valence-electron chi connectivity index (χ0n) is 10.1. The molecule has 104 valence electrons. The molecule has 0 aliphatic heterocycles. The van der Waals surface area contributed by atoms with Crippen LogP contribution in [0.3, 0.4) is 0 Å². The second-order valence-corrected chi connectivity index (χ2v) is 6.62. The fourth-order valence-electron chi connectivity index (χ4n) is 1.72. The molecular weight excluding hydrogens is 270 g/mol. The van der Waals surface area contributed by atoms with Crippen molar-refractivity contribution in [1.29, 1.82) is 0 Å². The third-order valence-electron chi connectivity index (χ3n) is 2.94. The van der Waals surface area contributed by atoms with E-state index in [1.165, 1.54) is 12.1 Å². The first-order valence-electron chi connectivity index (χ1n) is 5.90. The van der Waals surface area contributed by atoms with Crippen molar-refractivity contribution in [1.82, 2.24) is 4.72 Å². The van der Waals surface area contributed by atoms with E-state index in [1.54, 1.807) is 12.1 Å². The van der Waals surface area contributed by atoms with Crippen LogP contribution >= 0.6 is 0 Å². The van der Waals surface area contributed by atoms with Crippen molar-refractivity contribution in [2.75, 3.05) is 0 Å². The number of carboxylic acid groups (broad SMARTS) is 1. The molecule has 1 saturated carbocycles. The van der Waals surface area contributed by atoms with E-state index in [0.717, 1.165) is 0 Å². The molecule has 3 N–H and O–H groups in total. The van der Waals surface area contributed by atoms with Crippen LogP contribution in [0.25, 0.3) is 0 Å². The van der Waals surface area contributed by atoms with Gasteiger partial charge in [0.15, 0.2) is 0 Å². The Labute approximate surface area is 111 Å². The number of phenols is 1. The molecule has 1 aliphatic carbocycles. The standard InChI is InChI=1S/C12H15NO5S/c14-9-3-1-8(2-4-9)7-11(12(15)16)13-19(17,18)10-5-6-10/h1-4,10-11,13-14H,5-7H2,(H,15,16). The monoisotopic (exact) mass is 285 g/mol. The largest absolute Gasteiger partial charge is 0.508 e. The lowest BCUT2D eigenvalue weighted by molar-refractivity contribution is -0.138. The van der Waals surface area contributed by atoms with Gasteiger partial charge in [0.1, 0.15) is 11.8 Å². The molecule has 7 heteroatoms. The summed E-state index contributed by atoms with van der Waals surface area (Å²) in [5, 5.41) is 17.8. The zero-order valence-corrected chi connectivity index (χ0v) is 10.9. The second kappa shape index (κ2) is 5.18. The Morgan fingerprint density at radius 1 is 1.32 bits per heavy atom. The van der Waals surface area contributed by atoms with Gasteiger partial charge in [0.2, 0.25) is 10.0 Å². The average molecular weight is 285 g/mol. The molecule has 2 rings (SSSR count). The summed E-state index contributed by atoms with van der Waals surface area (Å²) in [6, 6.07) is 4.82. The Balaban J connectivity index is 2.08. The first-order chi connectivity index (χ1) is 8.88. The highest BCUT2D eigenvalue weighted by atomic mass is 32.2. The number of aromatic hydroxyl groups is 1. The molecule has 1 aliphatic rings. The summed E-state index contributed by atoms with van der Waals surface area (Å²) in [5.41, 5.74) is 0.642. The summed E-state index contributed by atoms with van der Waals surface area (Å²) >= 11 is 0. The van der Waals surface area contributed by atoms with Crippen LogP contribution in [0.5, 0.6) is 5.75 Å². The fraction of sp³-hybridized carbons (Fsp3) is 0.417. The quantitative estimate of drug-likeness (QED) is 0.705. The molecule has 0 aromatic heterocycles. The zero-order chi connectivity index (χ0) is 14.0. The first-order valence-corrected chi connectivity index (χ1v) is 7.45.